The molecule has 2 aromatic rings. The first kappa shape index (κ1) is 17.9. The quantitative estimate of drug-likeness (QED) is 0.418. The molecule has 10 nitrogen and oxygen atoms in total. The molecule has 0 fully saturated rings. The molecule has 0 saturated heterocycles. The molecule has 2 rings (SSSR count). The molecule has 0 saturated carbocycles. The second-order valence-electron chi connectivity index (χ2n) is 4.63. The largest absolute Gasteiger partial charge is 0.301 e. The van der Waals surface area contributed by atoms with Gasteiger partial charge in [0.25, 0.3) is 15.7 Å². The zero-order valence-electron chi connectivity index (χ0n) is 12.4. The van der Waals surface area contributed by atoms with E-state index in [0.717, 1.165) is 16.9 Å². The first-order chi connectivity index (χ1) is 11.3. The van der Waals surface area contributed by atoms with Crippen LogP contribution in [-0.4, -0.2) is 36.0 Å². The molecule has 0 unspecified atom stereocenters. The summed E-state index contributed by atoms with van der Waals surface area (Å²) in [6.45, 7) is 1.37. The van der Waals surface area contributed by atoms with Gasteiger partial charge in [-0.15, -0.1) is 10.2 Å². The van der Waals surface area contributed by atoms with E-state index in [1.807, 2.05) is 0 Å². The summed E-state index contributed by atoms with van der Waals surface area (Å²) in [6, 6.07) is 5.83. The number of nitrogens with one attached hydrogen (secondary N) is 2. The molecule has 1 aromatic carbocycles. The van der Waals surface area contributed by atoms with E-state index < -0.39 is 14.9 Å². The van der Waals surface area contributed by atoms with Gasteiger partial charge in [0.1, 0.15) is 0 Å². The maximum Gasteiger partial charge on any atom is 0.269 e. The van der Waals surface area contributed by atoms with Gasteiger partial charge in [0.2, 0.25) is 15.4 Å². The molecule has 12 heteroatoms. The summed E-state index contributed by atoms with van der Waals surface area (Å²) in [7, 11) is -3.83. The number of carbonyl (C=O) groups is 1. The number of hydrogen-bond acceptors (Lipinski definition) is 8. The summed E-state index contributed by atoms with van der Waals surface area (Å²) in [6.07, 6.45) is 0.356. The smallest absolute Gasteiger partial charge is 0.269 e. The molecule has 1 aromatic heterocycles. The van der Waals surface area contributed by atoms with Crippen LogP contribution in [-0.2, 0) is 21.2 Å². The minimum Gasteiger partial charge on any atom is -0.301 e. The fourth-order valence-electron chi connectivity index (χ4n) is 1.70. The van der Waals surface area contributed by atoms with E-state index in [0.29, 0.717) is 6.42 Å². The zero-order chi connectivity index (χ0) is 17.7. The molecule has 0 atom stereocenters. The van der Waals surface area contributed by atoms with Crippen molar-refractivity contribution in [3.8, 4) is 0 Å². The van der Waals surface area contributed by atoms with Gasteiger partial charge in [0.05, 0.1) is 4.92 Å². The lowest BCUT2D eigenvalue weighted by molar-refractivity contribution is -0.384. The highest BCUT2D eigenvalue weighted by Gasteiger charge is 2.20. The Bertz CT molecular complexity index is 847. The lowest BCUT2D eigenvalue weighted by atomic mass is 10.1. The number of carbonyl (C=O) groups excluding carboxylic acids is 1. The van der Waals surface area contributed by atoms with Gasteiger partial charge in [-0.05, 0) is 12.0 Å². The molecule has 1 amide bonds. The molecular weight excluding hydrogens is 358 g/mol. The van der Waals surface area contributed by atoms with E-state index in [9.17, 15) is 23.3 Å². The van der Waals surface area contributed by atoms with Crippen LogP contribution >= 0.6 is 11.3 Å². The lowest BCUT2D eigenvalue weighted by Gasteiger charge is -2.03. The number of sulfonamides is 1. The Hall–Kier alpha value is -2.44. The molecule has 1 heterocycles. The number of amides is 1. The van der Waals surface area contributed by atoms with E-state index in [-0.39, 0.29) is 27.6 Å². The maximum atomic E-state index is 12.1. The summed E-state index contributed by atoms with van der Waals surface area (Å²) in [4.78, 5) is 20.9. The Morgan fingerprint density at radius 1 is 1.29 bits per heavy atom. The molecule has 128 valence electrons. The second-order valence-corrected chi connectivity index (χ2v) is 7.54. The van der Waals surface area contributed by atoms with Crippen LogP contribution in [0.25, 0.3) is 0 Å². The first-order valence-electron chi connectivity index (χ1n) is 6.62. The van der Waals surface area contributed by atoms with Gasteiger partial charge >= 0.3 is 0 Å². The monoisotopic (exact) mass is 371 g/mol. The van der Waals surface area contributed by atoms with Crippen LogP contribution < -0.4 is 10.0 Å². The number of aromatic nitrogens is 2. The van der Waals surface area contributed by atoms with Crippen LogP contribution in [0.5, 0.6) is 0 Å². The molecule has 0 aliphatic rings. The predicted molar refractivity (Wildman–Crippen MR) is 86.2 cm³/mol. The molecule has 0 aliphatic carbocycles. The SMILES string of the molecule is CC(=O)Nc1nnc(S(=O)(=O)NCCc2ccc([N+](=O)[O-])cc2)s1. The highest BCUT2D eigenvalue weighted by Crippen LogP contribution is 2.19. The fraction of sp³-hybridized carbons (Fsp3) is 0.250. The zero-order valence-corrected chi connectivity index (χ0v) is 14.1. The van der Waals surface area contributed by atoms with Crippen LogP contribution in [0.1, 0.15) is 12.5 Å². The van der Waals surface area contributed by atoms with E-state index >= 15 is 0 Å². The summed E-state index contributed by atoms with van der Waals surface area (Å²) >= 11 is 0.740. The van der Waals surface area contributed by atoms with Crippen molar-refractivity contribution in [1.82, 2.24) is 14.9 Å². The van der Waals surface area contributed by atoms with Crippen LogP contribution in [0.2, 0.25) is 0 Å². The van der Waals surface area contributed by atoms with E-state index in [4.69, 9.17) is 0 Å². The summed E-state index contributed by atoms with van der Waals surface area (Å²) < 4.78 is 26.2. The molecule has 0 aliphatic heterocycles. The number of nitro groups is 1. The third-order valence-corrected chi connectivity index (χ3v) is 5.44. The number of anilines is 1. The van der Waals surface area contributed by atoms with Crippen molar-refractivity contribution in [2.45, 2.75) is 17.7 Å². The molecule has 2 N–H and O–H groups in total. The van der Waals surface area contributed by atoms with Crippen molar-refractivity contribution in [2.24, 2.45) is 0 Å². The minimum atomic E-state index is -3.83. The van der Waals surface area contributed by atoms with Gasteiger partial charge in [-0.25, -0.2) is 13.1 Å². The molecule has 0 bridgehead atoms. The van der Waals surface area contributed by atoms with Gasteiger partial charge in [-0.3, -0.25) is 14.9 Å². The third-order valence-electron chi connectivity index (χ3n) is 2.77. The average molecular weight is 371 g/mol. The normalized spacial score (nSPS) is 11.2. The van der Waals surface area contributed by atoms with Crippen molar-refractivity contribution in [1.29, 1.82) is 0 Å². The topological polar surface area (TPSA) is 144 Å². The Morgan fingerprint density at radius 2 is 1.96 bits per heavy atom. The number of rotatable bonds is 7. The Kier molecular flexibility index (Phi) is 5.54. The maximum absolute atomic E-state index is 12.1. The van der Waals surface area contributed by atoms with Crippen LogP contribution in [0.15, 0.2) is 28.6 Å². The second kappa shape index (κ2) is 7.42. The fourth-order valence-corrected chi connectivity index (χ4v) is 3.71. The van der Waals surface area contributed by atoms with Gasteiger partial charge < -0.3 is 5.32 Å². The Morgan fingerprint density at radius 3 is 2.54 bits per heavy atom. The molecular formula is C12H13N5O5S2. The van der Waals surface area contributed by atoms with Crippen molar-refractivity contribution in [3.05, 3.63) is 39.9 Å². The predicted octanol–water partition coefficient (Wildman–Crippen LogP) is 0.926. The summed E-state index contributed by atoms with van der Waals surface area (Å²) in [5.41, 5.74) is 0.721. The van der Waals surface area contributed by atoms with Crippen molar-refractivity contribution in [2.75, 3.05) is 11.9 Å². The van der Waals surface area contributed by atoms with Crippen LogP contribution in [0.4, 0.5) is 10.8 Å². The van der Waals surface area contributed by atoms with Crippen molar-refractivity contribution >= 4 is 38.1 Å². The average Bonchev–Trinajstić information content (AvgIpc) is 2.96. The highest BCUT2D eigenvalue weighted by atomic mass is 32.2. The summed E-state index contributed by atoms with van der Waals surface area (Å²) in [5, 5.41) is 20.1. The van der Waals surface area contributed by atoms with Gasteiger partial charge in [-0.1, -0.05) is 23.5 Å². The van der Waals surface area contributed by atoms with Crippen LogP contribution in [0, 0.1) is 10.1 Å². The number of nitro benzene ring substituents is 1. The van der Waals surface area contributed by atoms with E-state index in [1.54, 1.807) is 12.1 Å². The number of benzene rings is 1. The van der Waals surface area contributed by atoms with Gasteiger partial charge in [0, 0.05) is 25.6 Å². The van der Waals surface area contributed by atoms with Crippen molar-refractivity contribution in [3.63, 3.8) is 0 Å². The molecule has 0 spiro atoms. The number of hydrogen-bond donors (Lipinski definition) is 2. The Balaban J connectivity index is 1.93. The number of non-ortho nitro benzene ring substituents is 1. The Labute approximate surface area is 141 Å². The van der Waals surface area contributed by atoms with E-state index in [1.165, 1.54) is 19.1 Å². The summed E-state index contributed by atoms with van der Waals surface area (Å²) in [5.74, 6) is -0.374. The third kappa shape index (κ3) is 4.78. The van der Waals surface area contributed by atoms with Gasteiger partial charge in [-0.2, -0.15) is 0 Å². The highest BCUT2D eigenvalue weighted by molar-refractivity contribution is 7.91. The van der Waals surface area contributed by atoms with E-state index in [2.05, 4.69) is 20.2 Å². The lowest BCUT2D eigenvalue weighted by Crippen LogP contribution is -2.25. The van der Waals surface area contributed by atoms with Gasteiger partial charge in [0.15, 0.2) is 0 Å². The standard InChI is InChI=1S/C12H13N5O5S2/c1-8(18)14-11-15-16-12(23-11)24(21,22)13-7-6-9-2-4-10(5-3-9)17(19)20/h2-5,13H,6-7H2,1H3,(H,14,15,18). The minimum absolute atomic E-state index is 0.0290. The number of nitrogens with zero attached hydrogens (tertiary/aromatic N) is 3. The molecule has 0 radical (unpaired) electrons. The van der Waals surface area contributed by atoms with Crippen molar-refractivity contribution < 1.29 is 18.1 Å². The molecule has 24 heavy (non-hydrogen) atoms. The van der Waals surface area contributed by atoms with Crippen LogP contribution in [0.3, 0.4) is 0 Å². The first-order valence-corrected chi connectivity index (χ1v) is 8.92.